The Labute approximate surface area is 151 Å². The normalized spacial score (nSPS) is 16.0. The molecule has 0 bridgehead atoms. The van der Waals surface area contributed by atoms with E-state index >= 15 is 0 Å². The lowest BCUT2D eigenvalue weighted by molar-refractivity contribution is -0.118. The molecular formula is C16H22FN3O5S. The van der Waals surface area contributed by atoms with Crippen LogP contribution in [0.1, 0.15) is 37.8 Å². The molecule has 0 saturated carbocycles. The fourth-order valence-corrected chi connectivity index (χ4v) is 4.01. The molecule has 0 aromatic heterocycles. The summed E-state index contributed by atoms with van der Waals surface area (Å²) in [6.07, 6.45) is 1.59. The van der Waals surface area contributed by atoms with Crippen LogP contribution in [0.4, 0.5) is 9.18 Å². The third-order valence-electron chi connectivity index (χ3n) is 4.04. The summed E-state index contributed by atoms with van der Waals surface area (Å²) >= 11 is 0. The molecule has 1 atom stereocenters. The molecule has 0 aliphatic carbocycles. The number of hydrogen-bond donors (Lipinski definition) is 3. The van der Waals surface area contributed by atoms with Crippen LogP contribution in [0, 0.1) is 5.82 Å². The van der Waals surface area contributed by atoms with Crippen LogP contribution >= 0.6 is 0 Å². The predicted octanol–water partition coefficient (Wildman–Crippen LogP) is 1.23. The smallest absolute Gasteiger partial charge is 0.324 e. The zero-order valence-electron chi connectivity index (χ0n) is 14.4. The number of halogens is 1. The van der Waals surface area contributed by atoms with Gasteiger partial charge in [0.15, 0.2) is 11.6 Å². The van der Waals surface area contributed by atoms with Crippen molar-refractivity contribution in [2.75, 3.05) is 18.8 Å². The summed E-state index contributed by atoms with van der Waals surface area (Å²) in [5, 5.41) is 11.5. The van der Waals surface area contributed by atoms with Gasteiger partial charge in [-0.1, -0.05) is 12.5 Å². The van der Waals surface area contributed by atoms with Gasteiger partial charge in [-0.25, -0.2) is 22.3 Å². The van der Waals surface area contributed by atoms with Crippen molar-refractivity contribution in [1.82, 2.24) is 14.9 Å². The lowest BCUT2D eigenvalue weighted by Crippen LogP contribution is -2.30. The number of phenolic OH excluding ortho intramolecular Hbond substituents is 1. The number of unbranched alkanes of at least 4 members (excludes halogenated alkanes) is 2. The number of urea groups is 1. The second-order valence-corrected chi connectivity index (χ2v) is 8.08. The van der Waals surface area contributed by atoms with E-state index in [9.17, 15) is 27.5 Å². The van der Waals surface area contributed by atoms with Crippen LogP contribution in [0.3, 0.4) is 0 Å². The minimum atomic E-state index is -3.54. The van der Waals surface area contributed by atoms with E-state index in [-0.39, 0.29) is 18.2 Å². The van der Waals surface area contributed by atoms with E-state index < -0.39 is 33.7 Å². The first kappa shape index (κ1) is 20.1. The number of sulfonamides is 1. The van der Waals surface area contributed by atoms with E-state index in [2.05, 4.69) is 10.0 Å². The molecule has 1 aromatic rings. The van der Waals surface area contributed by atoms with Crippen LogP contribution in [0.15, 0.2) is 18.2 Å². The summed E-state index contributed by atoms with van der Waals surface area (Å²) in [4.78, 5) is 23.8. The molecule has 1 aromatic carbocycles. The lowest BCUT2D eigenvalue weighted by atomic mass is 10.1. The topological polar surface area (TPSA) is 116 Å². The zero-order valence-corrected chi connectivity index (χ0v) is 15.2. The Morgan fingerprint density at radius 2 is 2.04 bits per heavy atom. The first-order valence-corrected chi connectivity index (χ1v) is 9.90. The van der Waals surface area contributed by atoms with Gasteiger partial charge < -0.3 is 10.0 Å². The Kier molecular flexibility index (Phi) is 6.54. The molecule has 3 N–H and O–H groups in total. The van der Waals surface area contributed by atoms with Crippen LogP contribution < -0.4 is 10.0 Å². The maximum Gasteiger partial charge on any atom is 0.324 e. The summed E-state index contributed by atoms with van der Waals surface area (Å²) in [5.74, 6) is -1.71. The van der Waals surface area contributed by atoms with Crippen molar-refractivity contribution in [2.24, 2.45) is 0 Å². The van der Waals surface area contributed by atoms with Crippen LogP contribution in [0.2, 0.25) is 0 Å². The van der Waals surface area contributed by atoms with E-state index in [1.54, 1.807) is 6.92 Å². The molecule has 1 aliphatic heterocycles. The number of carbonyl (C=O) groups is 2. The molecular weight excluding hydrogens is 365 g/mol. The van der Waals surface area contributed by atoms with Gasteiger partial charge in [-0.2, -0.15) is 0 Å². The summed E-state index contributed by atoms with van der Waals surface area (Å²) < 4.78 is 39.8. The molecule has 1 fully saturated rings. The van der Waals surface area contributed by atoms with Crippen LogP contribution in [0.5, 0.6) is 5.75 Å². The molecule has 2 rings (SSSR count). The minimum Gasteiger partial charge on any atom is -0.505 e. The first-order valence-electron chi connectivity index (χ1n) is 8.25. The van der Waals surface area contributed by atoms with Crippen LogP contribution in [-0.4, -0.2) is 49.2 Å². The standard InChI is InChI=1S/C16H22FN3O5S/c1-11(12-5-6-13(17)14(21)9-12)19-26(24,25)8-4-2-3-7-20-10-15(22)18-16(20)23/h5-6,9,11,19,21H,2-4,7-8,10H2,1H3,(H,18,22,23). The SMILES string of the molecule is CC(NS(=O)(=O)CCCCCN1CC(=O)NC1=O)c1ccc(F)c(O)c1. The quantitative estimate of drug-likeness (QED) is 0.435. The Bertz CT molecular complexity index is 784. The fraction of sp³-hybridized carbons (Fsp3) is 0.500. The van der Waals surface area contributed by atoms with Gasteiger partial charge in [0, 0.05) is 12.6 Å². The van der Waals surface area contributed by atoms with Crippen LogP contribution in [-0.2, 0) is 14.8 Å². The Hall–Kier alpha value is -2.20. The zero-order chi connectivity index (χ0) is 19.3. The number of rotatable bonds is 9. The van der Waals surface area contributed by atoms with Crippen molar-refractivity contribution >= 4 is 22.0 Å². The van der Waals surface area contributed by atoms with E-state index in [1.807, 2.05) is 0 Å². The summed E-state index contributed by atoms with van der Waals surface area (Å²) in [5.41, 5.74) is 0.456. The molecule has 1 saturated heterocycles. The molecule has 1 aliphatic rings. The van der Waals surface area contributed by atoms with Gasteiger partial charge in [0.1, 0.15) is 6.54 Å². The van der Waals surface area contributed by atoms with Gasteiger partial charge in [-0.3, -0.25) is 10.1 Å². The average Bonchev–Trinajstić information content (AvgIpc) is 2.86. The number of phenols is 1. The number of amides is 3. The van der Waals surface area contributed by atoms with E-state index in [4.69, 9.17) is 0 Å². The van der Waals surface area contributed by atoms with Gasteiger partial charge in [-0.05, 0) is 37.5 Å². The number of nitrogens with one attached hydrogen (secondary N) is 2. The summed E-state index contributed by atoms with van der Waals surface area (Å²) in [6.45, 7) is 2.05. The predicted molar refractivity (Wildman–Crippen MR) is 92.4 cm³/mol. The number of carbonyl (C=O) groups excluding carboxylic acids is 2. The molecule has 1 unspecified atom stereocenters. The maximum absolute atomic E-state index is 13.1. The van der Waals surface area contributed by atoms with Gasteiger partial charge in [0.25, 0.3) is 0 Å². The molecule has 10 heteroatoms. The highest BCUT2D eigenvalue weighted by Crippen LogP contribution is 2.22. The second-order valence-electron chi connectivity index (χ2n) is 6.20. The number of imide groups is 1. The van der Waals surface area contributed by atoms with Crippen molar-refractivity contribution < 1.29 is 27.5 Å². The number of hydrogen-bond acceptors (Lipinski definition) is 5. The van der Waals surface area contributed by atoms with Crippen molar-refractivity contribution in [3.05, 3.63) is 29.6 Å². The Morgan fingerprint density at radius 3 is 2.65 bits per heavy atom. The maximum atomic E-state index is 13.1. The Balaban J connectivity index is 1.73. The average molecular weight is 387 g/mol. The Morgan fingerprint density at radius 1 is 1.31 bits per heavy atom. The fourth-order valence-electron chi connectivity index (χ4n) is 2.63. The molecule has 144 valence electrons. The number of benzene rings is 1. The number of aromatic hydroxyl groups is 1. The summed E-state index contributed by atoms with van der Waals surface area (Å²) in [7, 11) is -3.54. The second kappa shape index (κ2) is 8.45. The monoisotopic (exact) mass is 387 g/mol. The van der Waals surface area contributed by atoms with Gasteiger partial charge in [0.05, 0.1) is 5.75 Å². The minimum absolute atomic E-state index is 0.0424. The van der Waals surface area contributed by atoms with Crippen molar-refractivity contribution in [3.8, 4) is 5.75 Å². The molecule has 3 amide bonds. The van der Waals surface area contributed by atoms with E-state index in [0.29, 0.717) is 31.4 Å². The largest absolute Gasteiger partial charge is 0.505 e. The van der Waals surface area contributed by atoms with Gasteiger partial charge >= 0.3 is 6.03 Å². The highest BCUT2D eigenvalue weighted by molar-refractivity contribution is 7.89. The molecule has 0 spiro atoms. The molecule has 8 nitrogen and oxygen atoms in total. The van der Waals surface area contributed by atoms with Crippen LogP contribution in [0.25, 0.3) is 0 Å². The number of nitrogens with zero attached hydrogens (tertiary/aromatic N) is 1. The highest BCUT2D eigenvalue weighted by Gasteiger charge is 2.25. The summed E-state index contributed by atoms with van der Waals surface area (Å²) in [6, 6.07) is 2.65. The van der Waals surface area contributed by atoms with Gasteiger partial charge in [-0.15, -0.1) is 0 Å². The van der Waals surface area contributed by atoms with Crippen molar-refractivity contribution in [2.45, 2.75) is 32.2 Å². The molecule has 0 radical (unpaired) electrons. The van der Waals surface area contributed by atoms with E-state index in [1.165, 1.54) is 17.0 Å². The lowest BCUT2D eigenvalue weighted by Gasteiger charge is -2.15. The molecule has 1 heterocycles. The van der Waals surface area contributed by atoms with Crippen molar-refractivity contribution in [1.29, 1.82) is 0 Å². The van der Waals surface area contributed by atoms with Gasteiger partial charge in [0.2, 0.25) is 15.9 Å². The van der Waals surface area contributed by atoms with E-state index in [0.717, 1.165) is 6.07 Å². The third kappa shape index (κ3) is 5.67. The third-order valence-corrected chi connectivity index (χ3v) is 5.57. The first-order chi connectivity index (χ1) is 12.2. The van der Waals surface area contributed by atoms with Crippen molar-refractivity contribution in [3.63, 3.8) is 0 Å². The molecule has 26 heavy (non-hydrogen) atoms. The highest BCUT2D eigenvalue weighted by atomic mass is 32.2.